The van der Waals surface area contributed by atoms with E-state index in [0.29, 0.717) is 18.8 Å². The van der Waals surface area contributed by atoms with Gasteiger partial charge in [0, 0.05) is 18.9 Å². The van der Waals surface area contributed by atoms with Crippen molar-refractivity contribution in [1.29, 1.82) is 0 Å². The molecule has 8 heteroatoms. The average molecular weight is 307 g/mol. The van der Waals surface area contributed by atoms with E-state index in [1.54, 1.807) is 27.0 Å². The number of nitrogens with zero attached hydrogens (tertiary/aromatic N) is 2. The van der Waals surface area contributed by atoms with E-state index in [1.165, 1.54) is 6.20 Å². The zero-order valence-electron chi connectivity index (χ0n) is 13.0. The van der Waals surface area contributed by atoms with Crippen LogP contribution in [0, 0.1) is 0 Å². The summed E-state index contributed by atoms with van der Waals surface area (Å²) in [7, 11) is 0. The molecule has 2 rings (SSSR count). The number of hydrogen-bond donors (Lipinski definition) is 3. The van der Waals surface area contributed by atoms with E-state index in [9.17, 15) is 9.59 Å². The van der Waals surface area contributed by atoms with Gasteiger partial charge >= 0.3 is 6.09 Å². The third-order valence-electron chi connectivity index (χ3n) is 3.05. The Labute approximate surface area is 129 Å². The Kier molecular flexibility index (Phi) is 4.79. The van der Waals surface area contributed by atoms with Crippen LogP contribution in [0.4, 0.5) is 10.6 Å². The molecule has 2 heterocycles. The van der Waals surface area contributed by atoms with Crippen molar-refractivity contribution >= 4 is 17.8 Å². The number of hydrogen-bond acceptors (Lipinski definition) is 6. The number of piperidine rings is 1. The van der Waals surface area contributed by atoms with Gasteiger partial charge in [0.15, 0.2) is 5.82 Å². The third-order valence-corrected chi connectivity index (χ3v) is 3.05. The van der Waals surface area contributed by atoms with Crippen LogP contribution in [0.25, 0.3) is 0 Å². The first-order valence-electron chi connectivity index (χ1n) is 7.17. The lowest BCUT2D eigenvalue weighted by molar-refractivity contribution is -0.122. The smallest absolute Gasteiger partial charge is 0.426 e. The molecular weight excluding hydrogens is 286 g/mol. The Morgan fingerprint density at radius 2 is 2.14 bits per heavy atom. The van der Waals surface area contributed by atoms with Crippen LogP contribution >= 0.6 is 0 Å². The van der Waals surface area contributed by atoms with Crippen molar-refractivity contribution in [2.75, 3.05) is 12.0 Å². The van der Waals surface area contributed by atoms with Gasteiger partial charge < -0.3 is 10.1 Å². The molecule has 1 aliphatic rings. The SMILES string of the molecule is CC(C)(C)OC(=O)NNc1cnc(C2CCC(=O)NC2)cn1. The lowest BCUT2D eigenvalue weighted by Gasteiger charge is -2.22. The number of hydrazine groups is 1. The number of carbonyl (C=O) groups excluding carboxylic acids is 2. The number of nitrogens with one attached hydrogen (secondary N) is 3. The molecule has 1 fully saturated rings. The van der Waals surface area contributed by atoms with Gasteiger partial charge in [0.05, 0.1) is 18.1 Å². The first kappa shape index (κ1) is 16.0. The summed E-state index contributed by atoms with van der Waals surface area (Å²) in [5.41, 5.74) is 5.29. The zero-order valence-corrected chi connectivity index (χ0v) is 13.0. The van der Waals surface area contributed by atoms with Crippen LogP contribution in [0.1, 0.15) is 45.2 Å². The highest BCUT2D eigenvalue weighted by molar-refractivity contribution is 5.76. The van der Waals surface area contributed by atoms with Crippen molar-refractivity contribution in [2.24, 2.45) is 0 Å². The molecule has 0 bridgehead atoms. The van der Waals surface area contributed by atoms with Gasteiger partial charge in [-0.3, -0.25) is 15.2 Å². The largest absolute Gasteiger partial charge is 0.443 e. The minimum absolute atomic E-state index is 0.0732. The molecule has 0 spiro atoms. The topological polar surface area (TPSA) is 105 Å². The molecule has 1 unspecified atom stereocenters. The van der Waals surface area contributed by atoms with E-state index in [-0.39, 0.29) is 11.8 Å². The number of aromatic nitrogens is 2. The minimum Gasteiger partial charge on any atom is -0.443 e. The predicted molar refractivity (Wildman–Crippen MR) is 80.0 cm³/mol. The summed E-state index contributed by atoms with van der Waals surface area (Å²) in [5, 5.41) is 2.81. The van der Waals surface area contributed by atoms with Gasteiger partial charge in [0.25, 0.3) is 0 Å². The maximum absolute atomic E-state index is 11.5. The van der Waals surface area contributed by atoms with Crippen LogP contribution in [0.2, 0.25) is 0 Å². The predicted octanol–water partition coefficient (Wildman–Crippen LogP) is 1.32. The van der Waals surface area contributed by atoms with E-state index >= 15 is 0 Å². The molecule has 0 aliphatic carbocycles. The van der Waals surface area contributed by atoms with E-state index in [1.807, 2.05) is 0 Å². The highest BCUT2D eigenvalue weighted by Gasteiger charge is 2.21. The van der Waals surface area contributed by atoms with Gasteiger partial charge in [-0.2, -0.15) is 0 Å². The van der Waals surface area contributed by atoms with Gasteiger partial charge in [-0.25, -0.2) is 15.2 Å². The van der Waals surface area contributed by atoms with Crippen LogP contribution in [0.3, 0.4) is 0 Å². The van der Waals surface area contributed by atoms with Crippen LogP contribution in [0.15, 0.2) is 12.4 Å². The van der Waals surface area contributed by atoms with Gasteiger partial charge in [0.1, 0.15) is 5.60 Å². The molecular formula is C14H21N5O3. The maximum Gasteiger partial charge on any atom is 0.426 e. The number of rotatable bonds is 3. The van der Waals surface area contributed by atoms with E-state index < -0.39 is 11.7 Å². The van der Waals surface area contributed by atoms with Crippen molar-refractivity contribution < 1.29 is 14.3 Å². The minimum atomic E-state index is -0.589. The van der Waals surface area contributed by atoms with Gasteiger partial charge in [-0.05, 0) is 27.2 Å². The second-order valence-corrected chi connectivity index (χ2v) is 6.12. The molecule has 22 heavy (non-hydrogen) atoms. The molecule has 0 radical (unpaired) electrons. The van der Waals surface area contributed by atoms with Gasteiger partial charge in [-0.15, -0.1) is 0 Å². The number of ether oxygens (including phenoxy) is 1. The quantitative estimate of drug-likeness (QED) is 0.727. The normalized spacial score (nSPS) is 18.3. The fraction of sp³-hybridized carbons (Fsp3) is 0.571. The van der Waals surface area contributed by atoms with Crippen LogP contribution in [0.5, 0.6) is 0 Å². The molecule has 1 aromatic rings. The molecule has 0 saturated carbocycles. The zero-order chi connectivity index (χ0) is 16.2. The summed E-state index contributed by atoms with van der Waals surface area (Å²) in [6.07, 6.45) is 3.86. The molecule has 1 aromatic heterocycles. The molecule has 3 N–H and O–H groups in total. The van der Waals surface area contributed by atoms with Gasteiger partial charge in [-0.1, -0.05) is 0 Å². The first-order valence-corrected chi connectivity index (χ1v) is 7.17. The summed E-state index contributed by atoms with van der Waals surface area (Å²) in [6, 6.07) is 0. The molecule has 1 atom stereocenters. The van der Waals surface area contributed by atoms with Crippen molar-refractivity contribution in [3.63, 3.8) is 0 Å². The summed E-state index contributed by atoms with van der Waals surface area (Å²) in [6.45, 7) is 5.93. The lowest BCUT2D eigenvalue weighted by Crippen LogP contribution is -2.36. The average Bonchev–Trinajstić information content (AvgIpc) is 2.45. The van der Waals surface area contributed by atoms with E-state index in [2.05, 4.69) is 26.1 Å². The standard InChI is InChI=1S/C14H21N5O3/c1-14(2,3)22-13(21)19-18-11-8-15-10(7-16-11)9-4-5-12(20)17-6-9/h7-9H,4-6H2,1-3H3,(H,16,18)(H,17,20)(H,19,21). The highest BCUT2D eigenvalue weighted by Crippen LogP contribution is 2.21. The molecule has 120 valence electrons. The number of amides is 2. The Morgan fingerprint density at radius 3 is 2.68 bits per heavy atom. The highest BCUT2D eigenvalue weighted by atomic mass is 16.6. The molecule has 8 nitrogen and oxygen atoms in total. The summed E-state index contributed by atoms with van der Waals surface area (Å²) in [5.74, 6) is 0.663. The number of anilines is 1. The molecule has 1 aliphatic heterocycles. The second kappa shape index (κ2) is 6.59. The lowest BCUT2D eigenvalue weighted by atomic mass is 9.96. The van der Waals surface area contributed by atoms with Crippen molar-refractivity contribution in [3.8, 4) is 0 Å². The van der Waals surface area contributed by atoms with Crippen LogP contribution < -0.4 is 16.2 Å². The fourth-order valence-electron chi connectivity index (χ4n) is 2.02. The van der Waals surface area contributed by atoms with Crippen LogP contribution in [-0.4, -0.2) is 34.1 Å². The second-order valence-electron chi connectivity index (χ2n) is 6.12. The fourth-order valence-corrected chi connectivity index (χ4v) is 2.02. The Bertz CT molecular complexity index is 528. The third kappa shape index (κ3) is 4.87. The van der Waals surface area contributed by atoms with Crippen molar-refractivity contribution in [3.05, 3.63) is 18.1 Å². The van der Waals surface area contributed by atoms with Crippen LogP contribution in [-0.2, 0) is 9.53 Å². The Morgan fingerprint density at radius 1 is 1.36 bits per heavy atom. The summed E-state index contributed by atoms with van der Waals surface area (Å²) < 4.78 is 5.09. The van der Waals surface area contributed by atoms with Crippen molar-refractivity contribution in [2.45, 2.75) is 45.1 Å². The van der Waals surface area contributed by atoms with E-state index in [0.717, 1.165) is 12.1 Å². The van der Waals surface area contributed by atoms with E-state index in [4.69, 9.17) is 4.74 Å². The first-order chi connectivity index (χ1) is 10.3. The Balaban J connectivity index is 1.84. The summed E-state index contributed by atoms with van der Waals surface area (Å²) >= 11 is 0. The summed E-state index contributed by atoms with van der Waals surface area (Å²) in [4.78, 5) is 31.1. The Hall–Kier alpha value is -2.38. The monoisotopic (exact) mass is 307 g/mol. The number of carbonyl (C=O) groups is 2. The van der Waals surface area contributed by atoms with Gasteiger partial charge in [0.2, 0.25) is 5.91 Å². The molecule has 2 amide bonds. The van der Waals surface area contributed by atoms with Crippen molar-refractivity contribution in [1.82, 2.24) is 20.7 Å². The maximum atomic E-state index is 11.5. The molecule has 1 saturated heterocycles. The molecule has 0 aromatic carbocycles.